The maximum atomic E-state index is 10.3. The number of hydrogen-bond acceptors (Lipinski definition) is 1. The number of carbonyl (C=O) groups excluding carboxylic acids is 1. The summed E-state index contributed by atoms with van der Waals surface area (Å²) in [5, 5.41) is 0. The fourth-order valence-electron chi connectivity index (χ4n) is 0.431. The molecule has 0 aromatic rings. The second-order valence-electron chi connectivity index (χ2n) is 1.83. The zero-order valence-electron chi connectivity index (χ0n) is 5.07. The Morgan fingerprint density at radius 1 is 1.62 bits per heavy atom. The number of carbonyl (C=O) groups is 1. The minimum absolute atomic E-state index is 0.152. The number of Topliss-reactive ketones (excluding diaryl/α,β-unsaturated/α-hetero) is 1. The Bertz CT molecular complexity index is 116. The van der Waals surface area contributed by atoms with Crippen molar-refractivity contribution < 1.29 is 4.79 Å². The van der Waals surface area contributed by atoms with Crippen LogP contribution in [0.15, 0.2) is 11.1 Å². The molecule has 0 saturated heterocycles. The molecule has 1 nitrogen and oxygen atoms in total. The highest BCUT2D eigenvalue weighted by Gasteiger charge is 1.91. The van der Waals surface area contributed by atoms with E-state index < -0.39 is 0 Å². The summed E-state index contributed by atoms with van der Waals surface area (Å²) in [6.45, 7) is 3.37. The van der Waals surface area contributed by atoms with Crippen LogP contribution in [0.3, 0.4) is 0 Å². The molecule has 2 heteroatoms. The van der Waals surface area contributed by atoms with Crippen LogP contribution in [0.1, 0.15) is 20.3 Å². The van der Waals surface area contributed by atoms with Gasteiger partial charge in [-0.3, -0.25) is 4.79 Å². The molecule has 0 atom stereocenters. The molecule has 0 spiro atoms. The molecule has 0 bridgehead atoms. The first-order chi connectivity index (χ1) is 3.66. The Balaban J connectivity index is 3.56. The van der Waals surface area contributed by atoms with Gasteiger partial charge in [-0.1, -0.05) is 17.2 Å². The predicted octanol–water partition coefficient (Wildman–Crippen LogP) is 2.11. The molecule has 0 aliphatic heterocycles. The summed E-state index contributed by atoms with van der Waals surface area (Å²) < 4.78 is 0. The molecule has 0 heterocycles. The van der Waals surface area contributed by atoms with Gasteiger partial charge in [0, 0.05) is 12.0 Å². The molecule has 8 heavy (non-hydrogen) atoms. The van der Waals surface area contributed by atoms with Crippen molar-refractivity contribution in [2.45, 2.75) is 20.3 Å². The van der Waals surface area contributed by atoms with Gasteiger partial charge in [0.1, 0.15) is 5.78 Å². The van der Waals surface area contributed by atoms with Crippen molar-refractivity contribution in [1.29, 1.82) is 0 Å². The van der Waals surface area contributed by atoms with E-state index >= 15 is 0 Å². The summed E-state index contributed by atoms with van der Waals surface area (Å²) in [4.78, 5) is 10.3. The van der Waals surface area contributed by atoms with Gasteiger partial charge >= 0.3 is 0 Å². The summed E-state index contributed by atoms with van der Waals surface area (Å²) in [7, 11) is 0. The van der Waals surface area contributed by atoms with Crippen LogP contribution in [0.2, 0.25) is 0 Å². The highest BCUT2D eigenvalue weighted by molar-refractivity contribution is 6.25. The van der Waals surface area contributed by atoms with Crippen molar-refractivity contribution in [3.63, 3.8) is 0 Å². The molecule has 0 rings (SSSR count). The van der Waals surface area contributed by atoms with E-state index in [0.29, 0.717) is 6.42 Å². The fraction of sp³-hybridized carbons (Fsp3) is 0.500. The molecule has 0 aromatic carbocycles. The highest BCUT2D eigenvalue weighted by Crippen LogP contribution is 2.00. The van der Waals surface area contributed by atoms with Crippen molar-refractivity contribution in [2.24, 2.45) is 0 Å². The Kier molecular flexibility index (Phi) is 3.53. The second-order valence-corrected chi connectivity index (χ2v) is 2.05. The molecule has 46 valence electrons. The van der Waals surface area contributed by atoms with Crippen LogP contribution in [0.25, 0.3) is 0 Å². The van der Waals surface area contributed by atoms with Gasteiger partial charge in [-0.25, -0.2) is 0 Å². The van der Waals surface area contributed by atoms with Gasteiger partial charge in [0.2, 0.25) is 0 Å². The summed E-state index contributed by atoms with van der Waals surface area (Å²) in [5.74, 6) is 0.152. The van der Waals surface area contributed by atoms with Gasteiger partial charge in [0.15, 0.2) is 0 Å². The average Bonchev–Trinajstić information content (AvgIpc) is 1.65. The zero-order valence-corrected chi connectivity index (χ0v) is 5.83. The monoisotopic (exact) mass is 132 g/mol. The molecular weight excluding hydrogens is 124 g/mol. The van der Waals surface area contributed by atoms with E-state index in [1.54, 1.807) is 6.92 Å². The van der Waals surface area contributed by atoms with E-state index in [-0.39, 0.29) is 5.78 Å². The van der Waals surface area contributed by atoms with E-state index in [9.17, 15) is 4.79 Å². The third-order valence-corrected chi connectivity index (χ3v) is 1.09. The highest BCUT2D eigenvalue weighted by atomic mass is 35.5. The lowest BCUT2D eigenvalue weighted by molar-refractivity contribution is -0.116. The van der Waals surface area contributed by atoms with Crippen LogP contribution in [0.5, 0.6) is 0 Å². The number of hydrogen-bond donors (Lipinski definition) is 0. The quantitative estimate of drug-likeness (QED) is 0.563. The Morgan fingerprint density at radius 3 is 2.25 bits per heavy atom. The largest absolute Gasteiger partial charge is 0.300 e. The molecule has 0 amide bonds. The van der Waals surface area contributed by atoms with Crippen LogP contribution in [-0.4, -0.2) is 5.78 Å². The number of allylic oxidation sites excluding steroid dienone is 1. The van der Waals surface area contributed by atoms with Gasteiger partial charge in [0.05, 0.1) is 0 Å². The van der Waals surface area contributed by atoms with Gasteiger partial charge in [-0.2, -0.15) is 0 Å². The minimum Gasteiger partial charge on any atom is -0.300 e. The van der Waals surface area contributed by atoms with Gasteiger partial charge < -0.3 is 0 Å². The number of ketones is 1. The average molecular weight is 133 g/mol. The Labute approximate surface area is 54.3 Å². The molecule has 0 N–H and O–H groups in total. The first-order valence-corrected chi connectivity index (χ1v) is 2.85. The fourth-order valence-corrected chi connectivity index (χ4v) is 0.508. The zero-order chi connectivity index (χ0) is 6.57. The van der Waals surface area contributed by atoms with Gasteiger partial charge in [0.25, 0.3) is 0 Å². The van der Waals surface area contributed by atoms with E-state index in [0.717, 1.165) is 5.57 Å². The molecule has 0 aromatic heterocycles. The lowest BCUT2D eigenvalue weighted by Gasteiger charge is -1.89. The molecular formula is C6H9ClO. The SMILES string of the molecule is CC(=O)C/C(C)=C/Cl. The standard InChI is InChI=1S/C6H9ClO/c1-5(4-7)3-6(2)8/h4H,3H2,1-2H3/b5-4+. The van der Waals surface area contributed by atoms with Gasteiger partial charge in [-0.15, -0.1) is 0 Å². The first kappa shape index (κ1) is 7.70. The summed E-state index contributed by atoms with van der Waals surface area (Å²) >= 11 is 5.28. The molecule has 0 saturated carbocycles. The third-order valence-electron chi connectivity index (χ3n) is 0.714. The van der Waals surface area contributed by atoms with E-state index in [2.05, 4.69) is 0 Å². The Hall–Kier alpha value is -0.300. The molecule has 0 aliphatic rings. The predicted molar refractivity (Wildman–Crippen MR) is 34.9 cm³/mol. The van der Waals surface area contributed by atoms with Crippen LogP contribution >= 0.6 is 11.6 Å². The topological polar surface area (TPSA) is 17.1 Å². The van der Waals surface area contributed by atoms with Crippen LogP contribution in [0.4, 0.5) is 0 Å². The maximum absolute atomic E-state index is 10.3. The molecule has 0 radical (unpaired) electrons. The third kappa shape index (κ3) is 3.88. The molecule has 0 fully saturated rings. The maximum Gasteiger partial charge on any atom is 0.133 e. The summed E-state index contributed by atoms with van der Waals surface area (Å²) in [6, 6.07) is 0. The summed E-state index contributed by atoms with van der Waals surface area (Å²) in [6.07, 6.45) is 0.476. The number of halogens is 1. The minimum atomic E-state index is 0.152. The van der Waals surface area contributed by atoms with Crippen molar-refractivity contribution in [2.75, 3.05) is 0 Å². The number of rotatable bonds is 2. The van der Waals surface area contributed by atoms with Crippen molar-refractivity contribution in [3.8, 4) is 0 Å². The van der Waals surface area contributed by atoms with E-state index in [4.69, 9.17) is 11.6 Å². The lowest BCUT2D eigenvalue weighted by Crippen LogP contribution is -1.88. The van der Waals surface area contributed by atoms with Crippen molar-refractivity contribution >= 4 is 17.4 Å². The second kappa shape index (κ2) is 3.67. The van der Waals surface area contributed by atoms with Crippen molar-refractivity contribution in [1.82, 2.24) is 0 Å². The molecule has 0 aliphatic carbocycles. The Morgan fingerprint density at radius 2 is 2.12 bits per heavy atom. The summed E-state index contributed by atoms with van der Waals surface area (Å²) in [5.41, 5.74) is 2.35. The molecule has 0 unspecified atom stereocenters. The van der Waals surface area contributed by atoms with Crippen LogP contribution < -0.4 is 0 Å². The van der Waals surface area contributed by atoms with Crippen LogP contribution in [0, 0.1) is 0 Å². The smallest absolute Gasteiger partial charge is 0.133 e. The van der Waals surface area contributed by atoms with E-state index in [1.165, 1.54) is 5.54 Å². The first-order valence-electron chi connectivity index (χ1n) is 2.42. The van der Waals surface area contributed by atoms with Gasteiger partial charge in [-0.05, 0) is 13.8 Å². The van der Waals surface area contributed by atoms with Crippen molar-refractivity contribution in [3.05, 3.63) is 11.1 Å². The van der Waals surface area contributed by atoms with Crippen LogP contribution in [-0.2, 0) is 4.79 Å². The normalized spacial score (nSPS) is 11.6. The van der Waals surface area contributed by atoms with E-state index in [1.807, 2.05) is 6.92 Å². The lowest BCUT2D eigenvalue weighted by atomic mass is 10.2.